The number of halogens is 2. The lowest BCUT2D eigenvalue weighted by atomic mass is 10.3. The number of aliphatic imine (C=N–C) groups is 1. The maximum atomic E-state index is 13.5. The largest absolute Gasteiger partial charge is 0.357 e. The number of guanidine groups is 1. The van der Waals surface area contributed by atoms with Crippen LogP contribution in [0.3, 0.4) is 0 Å². The van der Waals surface area contributed by atoms with E-state index >= 15 is 0 Å². The Morgan fingerprint density at radius 2 is 2.13 bits per heavy atom. The molecule has 2 aromatic heterocycles. The van der Waals surface area contributed by atoms with E-state index in [0.29, 0.717) is 18.2 Å². The smallest absolute Gasteiger partial charge is 0.191 e. The number of rotatable bonds is 6. The van der Waals surface area contributed by atoms with Gasteiger partial charge >= 0.3 is 0 Å². The zero-order valence-electron chi connectivity index (χ0n) is 13.2. The first kappa shape index (κ1) is 19.8. The zero-order chi connectivity index (χ0) is 15.8. The molecule has 8 heteroatoms. The van der Waals surface area contributed by atoms with Gasteiger partial charge in [-0.05, 0) is 25.5 Å². The molecule has 0 atom stereocenters. The maximum Gasteiger partial charge on any atom is 0.191 e. The highest BCUT2D eigenvalue weighted by Crippen LogP contribution is 2.12. The normalized spacial score (nSPS) is 11.0. The molecule has 0 radical (unpaired) electrons. The lowest BCUT2D eigenvalue weighted by molar-refractivity contribution is 0.599. The number of thiazole rings is 1. The van der Waals surface area contributed by atoms with E-state index in [1.807, 2.05) is 13.1 Å². The average Bonchev–Trinajstić information content (AvgIpc) is 2.99. The van der Waals surface area contributed by atoms with Gasteiger partial charge in [-0.1, -0.05) is 6.92 Å². The topological polar surface area (TPSA) is 62.2 Å². The van der Waals surface area contributed by atoms with Crippen molar-refractivity contribution in [2.75, 3.05) is 6.54 Å². The summed E-state index contributed by atoms with van der Waals surface area (Å²) in [4.78, 5) is 14.0. The average molecular weight is 449 g/mol. The van der Waals surface area contributed by atoms with Crippen LogP contribution in [0.5, 0.6) is 0 Å². The fourth-order valence-electron chi connectivity index (χ4n) is 1.78. The summed E-state index contributed by atoms with van der Waals surface area (Å²) in [5, 5.41) is 7.34. The Bertz CT molecular complexity index is 632. The minimum Gasteiger partial charge on any atom is -0.357 e. The number of hydrogen-bond donors (Lipinski definition) is 2. The maximum absolute atomic E-state index is 13.5. The molecule has 0 aliphatic rings. The molecule has 126 valence electrons. The first-order valence-electron chi connectivity index (χ1n) is 7.28. The van der Waals surface area contributed by atoms with E-state index < -0.39 is 0 Å². The summed E-state index contributed by atoms with van der Waals surface area (Å²) < 4.78 is 13.5. The van der Waals surface area contributed by atoms with Crippen molar-refractivity contribution in [3.63, 3.8) is 0 Å². The van der Waals surface area contributed by atoms with Gasteiger partial charge in [-0.2, -0.15) is 0 Å². The molecule has 0 fully saturated rings. The molecule has 0 saturated carbocycles. The van der Waals surface area contributed by atoms with Crippen molar-refractivity contribution in [1.82, 2.24) is 20.6 Å². The Labute approximate surface area is 156 Å². The van der Waals surface area contributed by atoms with Crippen molar-refractivity contribution in [2.24, 2.45) is 4.99 Å². The summed E-state index contributed by atoms with van der Waals surface area (Å²) >= 11 is 1.68. The molecule has 0 unspecified atom stereocenters. The molecule has 0 aliphatic heterocycles. The molecule has 0 aromatic carbocycles. The molecule has 2 heterocycles. The molecule has 23 heavy (non-hydrogen) atoms. The summed E-state index contributed by atoms with van der Waals surface area (Å²) in [6, 6.07) is 2.96. The van der Waals surface area contributed by atoms with Gasteiger partial charge in [0.1, 0.15) is 10.8 Å². The lowest BCUT2D eigenvalue weighted by Crippen LogP contribution is -2.36. The van der Waals surface area contributed by atoms with Crippen molar-refractivity contribution in [1.29, 1.82) is 0 Å². The molecule has 0 saturated heterocycles. The molecule has 0 spiro atoms. The van der Waals surface area contributed by atoms with Gasteiger partial charge in [0.2, 0.25) is 0 Å². The van der Waals surface area contributed by atoms with E-state index in [1.165, 1.54) is 10.9 Å². The van der Waals surface area contributed by atoms with Crippen LogP contribution in [0.1, 0.15) is 29.4 Å². The van der Waals surface area contributed by atoms with Crippen molar-refractivity contribution in [3.05, 3.63) is 45.9 Å². The molecular weight excluding hydrogens is 428 g/mol. The van der Waals surface area contributed by atoms with E-state index in [-0.39, 0.29) is 36.3 Å². The minimum atomic E-state index is -0.338. The first-order chi connectivity index (χ1) is 10.7. The lowest BCUT2D eigenvalue weighted by Gasteiger charge is -2.10. The predicted octanol–water partition coefficient (Wildman–Crippen LogP) is 3.11. The van der Waals surface area contributed by atoms with Crippen molar-refractivity contribution in [2.45, 2.75) is 33.4 Å². The minimum absolute atomic E-state index is 0. The van der Waals surface area contributed by atoms with Gasteiger partial charge in [-0.25, -0.2) is 14.4 Å². The van der Waals surface area contributed by atoms with Crippen LogP contribution in [0.2, 0.25) is 0 Å². The third-order valence-corrected chi connectivity index (χ3v) is 4.06. The second-order valence-corrected chi connectivity index (χ2v) is 5.75. The van der Waals surface area contributed by atoms with Crippen LogP contribution in [0.25, 0.3) is 0 Å². The Balaban J connectivity index is 0.00000264. The van der Waals surface area contributed by atoms with Gasteiger partial charge in [-0.3, -0.25) is 4.98 Å². The molecule has 0 amide bonds. The van der Waals surface area contributed by atoms with E-state index in [0.717, 1.165) is 18.0 Å². The second kappa shape index (κ2) is 10.5. The molecular formula is C15H21FIN5S. The monoisotopic (exact) mass is 449 g/mol. The fourth-order valence-corrected chi connectivity index (χ4v) is 2.59. The van der Waals surface area contributed by atoms with Crippen molar-refractivity contribution < 1.29 is 4.39 Å². The van der Waals surface area contributed by atoms with Crippen LogP contribution in [-0.2, 0) is 19.5 Å². The van der Waals surface area contributed by atoms with Gasteiger partial charge in [0, 0.05) is 23.8 Å². The van der Waals surface area contributed by atoms with Crippen LogP contribution in [0.4, 0.5) is 4.39 Å². The van der Waals surface area contributed by atoms with Crippen LogP contribution in [-0.4, -0.2) is 22.5 Å². The summed E-state index contributed by atoms with van der Waals surface area (Å²) in [5.41, 5.74) is 0.335. The van der Waals surface area contributed by atoms with Gasteiger partial charge < -0.3 is 10.6 Å². The molecule has 2 aromatic rings. The number of aromatic nitrogens is 2. The predicted molar refractivity (Wildman–Crippen MR) is 103 cm³/mol. The number of pyridine rings is 1. The summed E-state index contributed by atoms with van der Waals surface area (Å²) in [6.45, 7) is 5.62. The number of hydrogen-bond acceptors (Lipinski definition) is 4. The SMILES string of the molecule is CCNC(=NCc1ncccc1F)NCc1ncc(CC)s1.I. The Morgan fingerprint density at radius 3 is 2.78 bits per heavy atom. The van der Waals surface area contributed by atoms with Crippen LogP contribution in [0.15, 0.2) is 29.5 Å². The summed E-state index contributed by atoms with van der Waals surface area (Å²) in [6.07, 6.45) is 4.45. The van der Waals surface area contributed by atoms with Crippen molar-refractivity contribution >= 4 is 41.3 Å². The van der Waals surface area contributed by atoms with Crippen LogP contribution < -0.4 is 10.6 Å². The third kappa shape index (κ3) is 6.38. The summed E-state index contributed by atoms with van der Waals surface area (Å²) in [7, 11) is 0. The third-order valence-electron chi connectivity index (χ3n) is 2.92. The van der Waals surface area contributed by atoms with Gasteiger partial charge in [-0.15, -0.1) is 35.3 Å². The number of nitrogens with one attached hydrogen (secondary N) is 2. The number of nitrogens with zero attached hydrogens (tertiary/aromatic N) is 3. The van der Waals surface area contributed by atoms with E-state index in [9.17, 15) is 4.39 Å². The van der Waals surface area contributed by atoms with E-state index in [1.54, 1.807) is 23.6 Å². The first-order valence-corrected chi connectivity index (χ1v) is 8.09. The zero-order valence-corrected chi connectivity index (χ0v) is 16.3. The highest BCUT2D eigenvalue weighted by molar-refractivity contribution is 14.0. The second-order valence-electron chi connectivity index (χ2n) is 4.55. The van der Waals surface area contributed by atoms with Gasteiger partial charge in [0.25, 0.3) is 0 Å². The Morgan fingerprint density at radius 1 is 1.30 bits per heavy atom. The molecule has 5 nitrogen and oxygen atoms in total. The number of aryl methyl sites for hydroxylation is 1. The van der Waals surface area contributed by atoms with Gasteiger partial charge in [0.05, 0.1) is 18.8 Å². The Kier molecular flexibility index (Phi) is 9.00. The Hall–Kier alpha value is -1.29. The molecule has 0 bridgehead atoms. The van der Waals surface area contributed by atoms with Crippen molar-refractivity contribution in [3.8, 4) is 0 Å². The van der Waals surface area contributed by atoms with Gasteiger partial charge in [0.15, 0.2) is 5.96 Å². The standard InChI is InChI=1S/C15H20FN5S.HI/c1-3-11-8-19-14(22-11)10-21-15(17-4-2)20-9-13-12(16)6-5-7-18-13;/h5-8H,3-4,9-10H2,1-2H3,(H2,17,20,21);1H. The molecule has 2 rings (SSSR count). The van der Waals surface area contributed by atoms with E-state index in [2.05, 4.69) is 32.5 Å². The van der Waals surface area contributed by atoms with Crippen LogP contribution >= 0.6 is 35.3 Å². The molecule has 0 aliphatic carbocycles. The van der Waals surface area contributed by atoms with E-state index in [4.69, 9.17) is 0 Å². The molecule has 2 N–H and O–H groups in total. The fraction of sp³-hybridized carbons (Fsp3) is 0.400. The summed E-state index contributed by atoms with van der Waals surface area (Å²) in [5.74, 6) is 0.287. The highest BCUT2D eigenvalue weighted by atomic mass is 127. The highest BCUT2D eigenvalue weighted by Gasteiger charge is 2.04. The quantitative estimate of drug-likeness (QED) is 0.404. The van der Waals surface area contributed by atoms with Crippen LogP contribution in [0, 0.1) is 5.82 Å².